The number of nitrogens with zero attached hydrogens (tertiary/aromatic N) is 4. The monoisotopic (exact) mass is 301 g/mol. The summed E-state index contributed by atoms with van der Waals surface area (Å²) in [4.78, 5) is 23.4. The molecule has 1 amide bonds. The molecule has 0 unspecified atom stereocenters. The fraction of sp³-hybridized carbons (Fsp3) is 0.500. The minimum absolute atomic E-state index is 0.0163. The fourth-order valence-corrected chi connectivity index (χ4v) is 3.07. The maximum atomic E-state index is 11.9. The Labute approximate surface area is 130 Å². The van der Waals surface area contributed by atoms with Crippen molar-refractivity contribution in [2.75, 3.05) is 20.6 Å². The predicted octanol–water partition coefficient (Wildman–Crippen LogP) is 1.58. The van der Waals surface area contributed by atoms with Crippen molar-refractivity contribution in [3.8, 4) is 0 Å². The van der Waals surface area contributed by atoms with Gasteiger partial charge in [0.05, 0.1) is 6.33 Å². The van der Waals surface area contributed by atoms with E-state index in [2.05, 4.69) is 19.4 Å². The van der Waals surface area contributed by atoms with Crippen molar-refractivity contribution in [3.05, 3.63) is 42.2 Å². The molecule has 1 saturated heterocycles. The topological polar surface area (TPSA) is 57.2 Å². The van der Waals surface area contributed by atoms with Crippen molar-refractivity contribution in [3.63, 3.8) is 0 Å². The molecule has 1 aliphatic heterocycles. The molecule has 1 fully saturated rings. The first-order valence-corrected chi connectivity index (χ1v) is 7.73. The van der Waals surface area contributed by atoms with E-state index in [1.54, 1.807) is 19.0 Å². The Balaban J connectivity index is 1.63. The van der Waals surface area contributed by atoms with E-state index >= 15 is 0 Å². The molecule has 3 rings (SSSR count). The zero-order valence-electron chi connectivity index (χ0n) is 13.2. The first-order chi connectivity index (χ1) is 10.6. The van der Waals surface area contributed by atoms with E-state index in [1.165, 1.54) is 12.8 Å². The largest absolute Gasteiger partial charge is 0.353 e. The molecular weight excluding hydrogens is 278 g/mol. The standard InChI is InChI=1S/C16H23N5O/c1-19(2)16(22)15-6-5-13(18-15)10-21-8-3-4-14(21)11-20-9-7-17-12-20/h5-7,9,12,14,18H,3-4,8,10-11H2,1-2H3/t14-/m0/s1. The fourth-order valence-electron chi connectivity index (χ4n) is 3.07. The summed E-state index contributed by atoms with van der Waals surface area (Å²) in [7, 11) is 3.54. The summed E-state index contributed by atoms with van der Waals surface area (Å²) in [6.07, 6.45) is 8.15. The lowest BCUT2D eigenvalue weighted by molar-refractivity contribution is 0.0822. The van der Waals surface area contributed by atoms with E-state index in [0.29, 0.717) is 11.7 Å². The number of aromatic nitrogens is 3. The van der Waals surface area contributed by atoms with Crippen molar-refractivity contribution in [1.29, 1.82) is 0 Å². The van der Waals surface area contributed by atoms with Gasteiger partial charge >= 0.3 is 0 Å². The van der Waals surface area contributed by atoms with Gasteiger partial charge < -0.3 is 14.5 Å². The molecule has 0 aromatic carbocycles. The Hall–Kier alpha value is -2.08. The molecule has 6 heteroatoms. The Kier molecular flexibility index (Phi) is 4.29. The highest BCUT2D eigenvalue weighted by Crippen LogP contribution is 2.21. The van der Waals surface area contributed by atoms with Gasteiger partial charge in [0, 0.05) is 51.3 Å². The quantitative estimate of drug-likeness (QED) is 0.912. The van der Waals surface area contributed by atoms with Crippen LogP contribution in [-0.4, -0.2) is 56.9 Å². The number of rotatable bonds is 5. The second kappa shape index (κ2) is 6.36. The molecule has 0 bridgehead atoms. The Morgan fingerprint density at radius 2 is 2.32 bits per heavy atom. The number of carbonyl (C=O) groups excluding carboxylic acids is 1. The summed E-state index contributed by atoms with van der Waals surface area (Å²) in [6, 6.07) is 4.42. The maximum Gasteiger partial charge on any atom is 0.269 e. The van der Waals surface area contributed by atoms with Crippen molar-refractivity contribution < 1.29 is 4.79 Å². The first-order valence-electron chi connectivity index (χ1n) is 7.73. The number of nitrogens with one attached hydrogen (secondary N) is 1. The van der Waals surface area contributed by atoms with Crippen LogP contribution in [0, 0.1) is 0 Å². The van der Waals surface area contributed by atoms with Gasteiger partial charge in [-0.3, -0.25) is 9.69 Å². The molecule has 0 spiro atoms. The molecule has 1 N–H and O–H groups in total. The van der Waals surface area contributed by atoms with Gasteiger partial charge in [-0.05, 0) is 31.5 Å². The van der Waals surface area contributed by atoms with Crippen LogP contribution in [-0.2, 0) is 13.1 Å². The molecule has 118 valence electrons. The molecule has 1 aliphatic rings. The van der Waals surface area contributed by atoms with E-state index in [-0.39, 0.29) is 5.91 Å². The third-order valence-electron chi connectivity index (χ3n) is 4.24. The zero-order chi connectivity index (χ0) is 15.5. The third kappa shape index (κ3) is 3.22. The van der Waals surface area contributed by atoms with Gasteiger partial charge in [0.25, 0.3) is 5.91 Å². The number of hydrogen-bond donors (Lipinski definition) is 1. The molecule has 1 atom stereocenters. The number of imidazole rings is 1. The van der Waals surface area contributed by atoms with E-state index in [1.807, 2.05) is 30.9 Å². The molecule has 0 radical (unpaired) electrons. The van der Waals surface area contributed by atoms with Gasteiger partial charge in [-0.25, -0.2) is 4.98 Å². The maximum absolute atomic E-state index is 11.9. The van der Waals surface area contributed by atoms with E-state index < -0.39 is 0 Å². The Morgan fingerprint density at radius 3 is 3.05 bits per heavy atom. The van der Waals surface area contributed by atoms with Crippen LogP contribution in [0.25, 0.3) is 0 Å². The van der Waals surface area contributed by atoms with Gasteiger partial charge in [0.1, 0.15) is 5.69 Å². The molecule has 3 heterocycles. The molecule has 0 aliphatic carbocycles. The van der Waals surface area contributed by atoms with E-state index in [0.717, 1.165) is 25.3 Å². The average molecular weight is 301 g/mol. The zero-order valence-corrected chi connectivity index (χ0v) is 13.2. The lowest BCUT2D eigenvalue weighted by atomic mass is 10.2. The van der Waals surface area contributed by atoms with Gasteiger partial charge in [-0.1, -0.05) is 0 Å². The number of H-pyrrole nitrogens is 1. The van der Waals surface area contributed by atoms with Crippen LogP contribution in [0.3, 0.4) is 0 Å². The van der Waals surface area contributed by atoms with Crippen molar-refractivity contribution >= 4 is 5.91 Å². The van der Waals surface area contributed by atoms with Gasteiger partial charge in [0.2, 0.25) is 0 Å². The van der Waals surface area contributed by atoms with Gasteiger partial charge in [0.15, 0.2) is 0 Å². The predicted molar refractivity (Wildman–Crippen MR) is 84.5 cm³/mol. The second-order valence-electron chi connectivity index (χ2n) is 6.12. The third-order valence-corrected chi connectivity index (χ3v) is 4.24. The lowest BCUT2D eigenvalue weighted by Gasteiger charge is -2.24. The van der Waals surface area contributed by atoms with Crippen molar-refractivity contribution in [1.82, 2.24) is 24.3 Å². The van der Waals surface area contributed by atoms with Gasteiger partial charge in [-0.2, -0.15) is 0 Å². The molecule has 2 aromatic heterocycles. The number of carbonyl (C=O) groups is 1. The smallest absolute Gasteiger partial charge is 0.269 e. The molecule has 0 saturated carbocycles. The van der Waals surface area contributed by atoms with Crippen LogP contribution in [0.1, 0.15) is 29.0 Å². The minimum Gasteiger partial charge on any atom is -0.353 e. The lowest BCUT2D eigenvalue weighted by Crippen LogP contribution is -2.32. The summed E-state index contributed by atoms with van der Waals surface area (Å²) in [5.41, 5.74) is 1.76. The first kappa shape index (κ1) is 14.8. The number of aromatic amines is 1. The highest BCUT2D eigenvalue weighted by molar-refractivity contribution is 5.92. The summed E-state index contributed by atoms with van der Waals surface area (Å²) < 4.78 is 2.14. The highest BCUT2D eigenvalue weighted by atomic mass is 16.2. The minimum atomic E-state index is 0.0163. The van der Waals surface area contributed by atoms with E-state index in [9.17, 15) is 4.79 Å². The summed E-state index contributed by atoms with van der Waals surface area (Å²) in [6.45, 7) is 2.94. The van der Waals surface area contributed by atoms with E-state index in [4.69, 9.17) is 0 Å². The molecular formula is C16H23N5O. The van der Waals surface area contributed by atoms with Crippen molar-refractivity contribution in [2.45, 2.75) is 32.0 Å². The second-order valence-corrected chi connectivity index (χ2v) is 6.12. The number of amides is 1. The van der Waals surface area contributed by atoms with Gasteiger partial charge in [-0.15, -0.1) is 0 Å². The van der Waals surface area contributed by atoms with Crippen LogP contribution < -0.4 is 0 Å². The van der Waals surface area contributed by atoms with Crippen LogP contribution in [0.5, 0.6) is 0 Å². The number of likely N-dealkylation sites (tertiary alicyclic amines) is 1. The summed E-state index contributed by atoms with van der Waals surface area (Å²) >= 11 is 0. The van der Waals surface area contributed by atoms with Crippen molar-refractivity contribution in [2.24, 2.45) is 0 Å². The Morgan fingerprint density at radius 1 is 1.45 bits per heavy atom. The Bertz CT molecular complexity index is 616. The summed E-state index contributed by atoms with van der Waals surface area (Å²) in [5.74, 6) is 0.0163. The average Bonchev–Trinajstić information content (AvgIpc) is 3.22. The summed E-state index contributed by atoms with van der Waals surface area (Å²) in [5, 5.41) is 0. The van der Waals surface area contributed by atoms with Crippen LogP contribution in [0.4, 0.5) is 0 Å². The highest BCUT2D eigenvalue weighted by Gasteiger charge is 2.25. The van der Waals surface area contributed by atoms with Crippen LogP contribution in [0.2, 0.25) is 0 Å². The molecule has 2 aromatic rings. The van der Waals surface area contributed by atoms with Crippen LogP contribution in [0.15, 0.2) is 30.9 Å². The molecule has 6 nitrogen and oxygen atoms in total. The normalized spacial score (nSPS) is 18.7. The molecule has 22 heavy (non-hydrogen) atoms. The van der Waals surface area contributed by atoms with Crippen LogP contribution >= 0.6 is 0 Å². The number of hydrogen-bond acceptors (Lipinski definition) is 3. The SMILES string of the molecule is CN(C)C(=O)c1ccc(CN2CCC[C@H]2Cn2ccnc2)[nH]1.